The molecule has 3 heterocycles. The standard InChI is InChI=1S/C12H19N3O3S/c16-19(17)7-4-9(5-8-19)12-14-11(15-18-12)10-3-1-2-6-13-10/h9-10,13H,1-8H2. The molecule has 2 saturated heterocycles. The van der Waals surface area contributed by atoms with Gasteiger partial charge in [-0.15, -0.1) is 0 Å². The monoisotopic (exact) mass is 285 g/mol. The van der Waals surface area contributed by atoms with E-state index < -0.39 is 9.84 Å². The average Bonchev–Trinajstić information content (AvgIpc) is 2.89. The number of piperidine rings is 1. The summed E-state index contributed by atoms with van der Waals surface area (Å²) in [5, 5.41) is 7.44. The summed E-state index contributed by atoms with van der Waals surface area (Å²) in [7, 11) is -2.84. The molecule has 2 aliphatic rings. The van der Waals surface area contributed by atoms with E-state index in [1.54, 1.807) is 0 Å². The van der Waals surface area contributed by atoms with Crippen molar-refractivity contribution in [2.45, 2.75) is 44.1 Å². The van der Waals surface area contributed by atoms with Crippen molar-refractivity contribution in [1.29, 1.82) is 0 Å². The summed E-state index contributed by atoms with van der Waals surface area (Å²) < 4.78 is 28.1. The lowest BCUT2D eigenvalue weighted by Gasteiger charge is -2.20. The van der Waals surface area contributed by atoms with E-state index in [4.69, 9.17) is 4.52 Å². The molecule has 0 aliphatic carbocycles. The highest BCUT2D eigenvalue weighted by Crippen LogP contribution is 2.29. The van der Waals surface area contributed by atoms with Crippen molar-refractivity contribution in [1.82, 2.24) is 15.5 Å². The van der Waals surface area contributed by atoms with Crippen LogP contribution >= 0.6 is 0 Å². The lowest BCUT2D eigenvalue weighted by molar-refractivity contribution is 0.328. The molecule has 3 rings (SSSR count). The molecule has 1 N–H and O–H groups in total. The van der Waals surface area contributed by atoms with E-state index in [0.717, 1.165) is 18.8 Å². The molecular weight excluding hydrogens is 266 g/mol. The van der Waals surface area contributed by atoms with Gasteiger partial charge in [-0.1, -0.05) is 11.6 Å². The van der Waals surface area contributed by atoms with Crippen molar-refractivity contribution in [2.75, 3.05) is 18.1 Å². The lowest BCUT2D eigenvalue weighted by atomic mass is 10.0. The third kappa shape index (κ3) is 2.97. The number of rotatable bonds is 2. The summed E-state index contributed by atoms with van der Waals surface area (Å²) >= 11 is 0. The molecule has 1 aromatic rings. The molecule has 106 valence electrons. The van der Waals surface area contributed by atoms with Crippen molar-refractivity contribution in [3.63, 3.8) is 0 Å². The van der Waals surface area contributed by atoms with Crippen LogP contribution in [0.5, 0.6) is 0 Å². The van der Waals surface area contributed by atoms with Crippen LogP contribution in [0, 0.1) is 0 Å². The summed E-state index contributed by atoms with van der Waals surface area (Å²) in [5.74, 6) is 1.91. The van der Waals surface area contributed by atoms with Gasteiger partial charge < -0.3 is 9.84 Å². The summed E-state index contributed by atoms with van der Waals surface area (Å²) in [5.41, 5.74) is 0. The summed E-state index contributed by atoms with van der Waals surface area (Å²) in [4.78, 5) is 4.47. The molecule has 0 amide bonds. The van der Waals surface area contributed by atoms with E-state index in [-0.39, 0.29) is 23.5 Å². The smallest absolute Gasteiger partial charge is 0.229 e. The van der Waals surface area contributed by atoms with Crippen LogP contribution in [0.2, 0.25) is 0 Å². The van der Waals surface area contributed by atoms with Gasteiger partial charge in [0.2, 0.25) is 5.89 Å². The molecule has 0 radical (unpaired) electrons. The molecule has 1 aromatic heterocycles. The second-order valence-corrected chi connectivity index (χ2v) is 7.72. The highest BCUT2D eigenvalue weighted by Gasteiger charge is 2.29. The fraction of sp³-hybridized carbons (Fsp3) is 0.833. The topological polar surface area (TPSA) is 85.1 Å². The second-order valence-electron chi connectivity index (χ2n) is 5.42. The minimum atomic E-state index is -2.84. The Morgan fingerprint density at radius 2 is 1.95 bits per heavy atom. The highest BCUT2D eigenvalue weighted by atomic mass is 32.2. The maximum Gasteiger partial charge on any atom is 0.229 e. The first kappa shape index (κ1) is 13.1. The zero-order valence-corrected chi connectivity index (χ0v) is 11.7. The van der Waals surface area contributed by atoms with Crippen molar-refractivity contribution in [3.05, 3.63) is 11.7 Å². The van der Waals surface area contributed by atoms with Crippen molar-refractivity contribution in [2.24, 2.45) is 0 Å². The molecule has 2 fully saturated rings. The fourth-order valence-electron chi connectivity index (χ4n) is 2.76. The first-order chi connectivity index (χ1) is 9.14. The van der Waals surface area contributed by atoms with Crippen molar-refractivity contribution in [3.8, 4) is 0 Å². The van der Waals surface area contributed by atoms with Crippen LogP contribution in [-0.4, -0.2) is 36.6 Å². The minimum absolute atomic E-state index is 0.105. The molecule has 1 unspecified atom stereocenters. The Kier molecular flexibility index (Phi) is 3.58. The number of aromatic nitrogens is 2. The molecule has 0 spiro atoms. The third-order valence-corrected chi connectivity index (χ3v) is 5.70. The molecule has 2 aliphatic heterocycles. The molecule has 7 heteroatoms. The Hall–Kier alpha value is -0.950. The molecule has 19 heavy (non-hydrogen) atoms. The van der Waals surface area contributed by atoms with E-state index in [2.05, 4.69) is 15.5 Å². The fourth-order valence-corrected chi connectivity index (χ4v) is 4.26. The number of hydrogen-bond acceptors (Lipinski definition) is 6. The average molecular weight is 285 g/mol. The SMILES string of the molecule is O=S1(=O)CCC(c2nc(C3CCCCN3)no2)CC1. The summed E-state index contributed by atoms with van der Waals surface area (Å²) in [6, 6.07) is 0.193. The normalized spacial score (nSPS) is 28.3. The van der Waals surface area contributed by atoms with Gasteiger partial charge >= 0.3 is 0 Å². The first-order valence-electron chi connectivity index (χ1n) is 6.91. The van der Waals surface area contributed by atoms with Crippen molar-refractivity contribution < 1.29 is 12.9 Å². The van der Waals surface area contributed by atoms with Gasteiger partial charge in [-0.05, 0) is 32.2 Å². The van der Waals surface area contributed by atoms with Crippen LogP contribution in [0.25, 0.3) is 0 Å². The summed E-state index contributed by atoms with van der Waals surface area (Å²) in [6.07, 6.45) is 4.62. The van der Waals surface area contributed by atoms with Gasteiger partial charge in [0.1, 0.15) is 9.84 Å². The third-order valence-electron chi connectivity index (χ3n) is 3.98. The van der Waals surface area contributed by atoms with E-state index in [1.165, 1.54) is 12.8 Å². The number of nitrogens with one attached hydrogen (secondary N) is 1. The Morgan fingerprint density at radius 3 is 2.63 bits per heavy atom. The van der Waals surface area contributed by atoms with Crippen molar-refractivity contribution >= 4 is 9.84 Å². The van der Waals surface area contributed by atoms with E-state index >= 15 is 0 Å². The zero-order chi connectivity index (χ0) is 13.3. The zero-order valence-electron chi connectivity index (χ0n) is 10.8. The van der Waals surface area contributed by atoms with E-state index in [1.807, 2.05) is 0 Å². The van der Waals surface area contributed by atoms with Crippen LogP contribution < -0.4 is 5.32 Å². The molecule has 0 bridgehead atoms. The number of hydrogen-bond donors (Lipinski definition) is 1. The predicted octanol–water partition coefficient (Wildman–Crippen LogP) is 1.18. The first-order valence-corrected chi connectivity index (χ1v) is 8.73. The van der Waals surface area contributed by atoms with Gasteiger partial charge in [0.05, 0.1) is 17.5 Å². The minimum Gasteiger partial charge on any atom is -0.339 e. The van der Waals surface area contributed by atoms with Crippen LogP contribution in [0.4, 0.5) is 0 Å². The lowest BCUT2D eigenvalue weighted by Crippen LogP contribution is -2.27. The van der Waals surface area contributed by atoms with Gasteiger partial charge in [0, 0.05) is 5.92 Å². The molecule has 6 nitrogen and oxygen atoms in total. The molecule has 1 atom stereocenters. The molecule has 0 saturated carbocycles. The summed E-state index contributed by atoms with van der Waals surface area (Å²) in [6.45, 7) is 0.996. The maximum atomic E-state index is 11.4. The number of nitrogens with zero attached hydrogens (tertiary/aromatic N) is 2. The van der Waals surface area contributed by atoms with Crippen LogP contribution in [0.1, 0.15) is 55.8 Å². The van der Waals surface area contributed by atoms with Gasteiger partial charge in [-0.2, -0.15) is 4.98 Å². The van der Waals surface area contributed by atoms with Gasteiger partial charge in [-0.25, -0.2) is 8.42 Å². The molecule has 0 aromatic carbocycles. The van der Waals surface area contributed by atoms with E-state index in [0.29, 0.717) is 18.7 Å². The Morgan fingerprint density at radius 1 is 1.16 bits per heavy atom. The Balaban J connectivity index is 1.68. The predicted molar refractivity (Wildman–Crippen MR) is 69.5 cm³/mol. The Labute approximate surface area is 112 Å². The van der Waals surface area contributed by atoms with Crippen LogP contribution in [0.15, 0.2) is 4.52 Å². The molecular formula is C12H19N3O3S. The second kappa shape index (κ2) is 5.20. The van der Waals surface area contributed by atoms with E-state index in [9.17, 15) is 8.42 Å². The highest BCUT2D eigenvalue weighted by molar-refractivity contribution is 7.91. The van der Waals surface area contributed by atoms with Gasteiger partial charge in [0.15, 0.2) is 5.82 Å². The Bertz CT molecular complexity index is 520. The largest absolute Gasteiger partial charge is 0.339 e. The van der Waals surface area contributed by atoms with Gasteiger partial charge in [0.25, 0.3) is 0 Å². The quantitative estimate of drug-likeness (QED) is 0.878. The van der Waals surface area contributed by atoms with Gasteiger partial charge in [-0.3, -0.25) is 0 Å². The maximum absolute atomic E-state index is 11.4. The van der Waals surface area contributed by atoms with Crippen LogP contribution in [-0.2, 0) is 9.84 Å². The van der Waals surface area contributed by atoms with Crippen LogP contribution in [0.3, 0.4) is 0 Å². The number of sulfone groups is 1.